The van der Waals surface area contributed by atoms with Crippen LogP contribution in [-0.4, -0.2) is 19.2 Å². The number of halogens is 3. The molecule has 0 bridgehead atoms. The first-order valence-electron chi connectivity index (χ1n) is 7.00. The lowest BCUT2D eigenvalue weighted by Crippen LogP contribution is -1.96. The van der Waals surface area contributed by atoms with Gasteiger partial charge in [0.2, 0.25) is 0 Å². The molecule has 3 aromatic rings. The normalized spacial score (nSPS) is 10.1. The summed E-state index contributed by atoms with van der Waals surface area (Å²) in [5.74, 6) is 1.20. The number of benzene rings is 2. The van der Waals surface area contributed by atoms with Crippen molar-refractivity contribution in [1.29, 1.82) is 0 Å². The van der Waals surface area contributed by atoms with Crippen molar-refractivity contribution < 1.29 is 9.47 Å². The fraction of sp³-hybridized carbons (Fsp3) is 0.118. The van der Waals surface area contributed by atoms with Crippen molar-refractivity contribution in [3.8, 4) is 22.8 Å². The van der Waals surface area contributed by atoms with Crippen LogP contribution >= 0.6 is 55.8 Å². The maximum absolute atomic E-state index is 6.13. The van der Waals surface area contributed by atoms with Crippen molar-refractivity contribution in [2.45, 2.75) is 0 Å². The third-order valence-electron chi connectivity index (χ3n) is 3.36. The quantitative estimate of drug-likeness (QED) is 0.425. The summed E-state index contributed by atoms with van der Waals surface area (Å²) in [5, 5.41) is 6.52. The van der Waals surface area contributed by atoms with Crippen molar-refractivity contribution in [1.82, 2.24) is 4.98 Å². The van der Waals surface area contributed by atoms with Gasteiger partial charge in [0.1, 0.15) is 11.5 Å². The molecular formula is C17H15Br2ClN2O2S. The van der Waals surface area contributed by atoms with Crippen LogP contribution in [0, 0.1) is 0 Å². The summed E-state index contributed by atoms with van der Waals surface area (Å²) in [6.45, 7) is 0. The van der Waals surface area contributed by atoms with Gasteiger partial charge in [-0.2, -0.15) is 0 Å². The molecule has 1 aromatic heterocycles. The number of anilines is 2. The van der Waals surface area contributed by atoms with E-state index in [0.29, 0.717) is 16.5 Å². The molecule has 2 aromatic carbocycles. The number of methoxy groups -OCH3 is 2. The Morgan fingerprint density at radius 2 is 1.76 bits per heavy atom. The molecule has 0 aliphatic heterocycles. The summed E-state index contributed by atoms with van der Waals surface area (Å²) >= 11 is 11.1. The molecule has 4 nitrogen and oxygen atoms in total. The van der Waals surface area contributed by atoms with E-state index < -0.39 is 0 Å². The molecule has 3 rings (SSSR count). The monoisotopic (exact) mass is 504 g/mol. The van der Waals surface area contributed by atoms with E-state index in [1.165, 1.54) is 11.3 Å². The van der Waals surface area contributed by atoms with Crippen LogP contribution in [0.25, 0.3) is 11.3 Å². The van der Waals surface area contributed by atoms with Gasteiger partial charge in [0, 0.05) is 27.5 Å². The number of thiazole rings is 1. The molecular weight excluding hydrogens is 492 g/mol. The summed E-state index contributed by atoms with van der Waals surface area (Å²) in [6, 6.07) is 11.5. The summed E-state index contributed by atoms with van der Waals surface area (Å²) in [4.78, 5) is 4.62. The second-order valence-electron chi connectivity index (χ2n) is 4.86. The molecule has 0 saturated heterocycles. The van der Waals surface area contributed by atoms with Crippen molar-refractivity contribution in [2.75, 3.05) is 19.5 Å². The average molecular weight is 507 g/mol. The number of hydrogen-bond donors (Lipinski definition) is 1. The Bertz CT molecular complexity index is 856. The molecule has 0 spiro atoms. The van der Waals surface area contributed by atoms with E-state index in [1.54, 1.807) is 26.4 Å². The highest BCUT2D eigenvalue weighted by Crippen LogP contribution is 2.38. The Kier molecular flexibility index (Phi) is 7.13. The number of aromatic nitrogens is 1. The van der Waals surface area contributed by atoms with E-state index in [-0.39, 0.29) is 17.0 Å². The minimum absolute atomic E-state index is 0. The molecule has 0 fully saturated rings. The molecule has 0 aliphatic carbocycles. The Hall–Kier alpha value is -1.28. The van der Waals surface area contributed by atoms with Crippen molar-refractivity contribution in [3.63, 3.8) is 0 Å². The lowest BCUT2D eigenvalue weighted by Gasteiger charge is -2.12. The van der Waals surface area contributed by atoms with E-state index in [4.69, 9.17) is 21.1 Å². The fourth-order valence-electron chi connectivity index (χ4n) is 2.16. The standard InChI is InChI=1S/C17H14BrClN2O2S.BrH/c1-22-15-8-13(16(23-2)7-12(15)19)20-17-21-14(9-24-17)10-3-5-11(18)6-4-10;/h3-9H,1-2H3,(H,20,21);1H. The van der Waals surface area contributed by atoms with Crippen LogP contribution in [0.3, 0.4) is 0 Å². The van der Waals surface area contributed by atoms with Gasteiger partial charge < -0.3 is 14.8 Å². The molecule has 0 amide bonds. The van der Waals surface area contributed by atoms with Gasteiger partial charge in [-0.1, -0.05) is 39.7 Å². The highest BCUT2D eigenvalue weighted by atomic mass is 79.9. The SMILES string of the molecule is Br.COc1cc(Nc2nc(-c3ccc(Br)cc3)cs2)c(OC)cc1Cl. The van der Waals surface area contributed by atoms with E-state index in [2.05, 4.69) is 26.2 Å². The molecule has 1 N–H and O–H groups in total. The van der Waals surface area contributed by atoms with Crippen LogP contribution in [0.2, 0.25) is 5.02 Å². The molecule has 0 atom stereocenters. The van der Waals surface area contributed by atoms with Crippen LogP contribution in [0.4, 0.5) is 10.8 Å². The van der Waals surface area contributed by atoms with E-state index in [0.717, 1.165) is 26.5 Å². The first-order chi connectivity index (χ1) is 11.6. The summed E-state index contributed by atoms with van der Waals surface area (Å²) in [7, 11) is 3.17. The molecule has 132 valence electrons. The maximum atomic E-state index is 6.13. The molecule has 0 aliphatic rings. The predicted octanol–water partition coefficient (Wildman–Crippen LogP) is 6.56. The number of hydrogen-bond acceptors (Lipinski definition) is 5. The summed E-state index contributed by atoms with van der Waals surface area (Å²) in [6.07, 6.45) is 0. The minimum atomic E-state index is 0. The predicted molar refractivity (Wildman–Crippen MR) is 113 cm³/mol. The Morgan fingerprint density at radius 1 is 1.08 bits per heavy atom. The molecule has 0 saturated carbocycles. The Labute approximate surface area is 174 Å². The van der Waals surface area contributed by atoms with Crippen LogP contribution in [0.1, 0.15) is 0 Å². The maximum Gasteiger partial charge on any atom is 0.187 e. The van der Waals surface area contributed by atoms with Gasteiger partial charge >= 0.3 is 0 Å². The van der Waals surface area contributed by atoms with Gasteiger partial charge in [-0.3, -0.25) is 0 Å². The van der Waals surface area contributed by atoms with Crippen LogP contribution < -0.4 is 14.8 Å². The third kappa shape index (κ3) is 4.67. The highest BCUT2D eigenvalue weighted by Gasteiger charge is 2.12. The van der Waals surface area contributed by atoms with Gasteiger partial charge in [-0.15, -0.1) is 28.3 Å². The van der Waals surface area contributed by atoms with Gasteiger partial charge in [0.05, 0.1) is 30.6 Å². The number of nitrogens with one attached hydrogen (secondary N) is 1. The topological polar surface area (TPSA) is 43.4 Å². The lowest BCUT2D eigenvalue weighted by molar-refractivity contribution is 0.405. The fourth-order valence-corrected chi connectivity index (χ4v) is 3.38. The smallest absolute Gasteiger partial charge is 0.187 e. The molecule has 0 unspecified atom stereocenters. The summed E-state index contributed by atoms with van der Waals surface area (Å²) < 4.78 is 11.7. The van der Waals surface area contributed by atoms with Gasteiger partial charge in [-0.25, -0.2) is 4.98 Å². The first-order valence-corrected chi connectivity index (χ1v) is 9.06. The van der Waals surface area contributed by atoms with Crippen LogP contribution in [-0.2, 0) is 0 Å². The molecule has 8 heteroatoms. The van der Waals surface area contributed by atoms with E-state index in [1.807, 2.05) is 29.6 Å². The third-order valence-corrected chi connectivity index (χ3v) is 4.94. The Balaban J connectivity index is 0.00000225. The van der Waals surface area contributed by atoms with Gasteiger partial charge in [0.15, 0.2) is 5.13 Å². The van der Waals surface area contributed by atoms with Crippen molar-refractivity contribution in [3.05, 3.63) is 51.3 Å². The molecule has 25 heavy (non-hydrogen) atoms. The zero-order valence-electron chi connectivity index (χ0n) is 13.4. The second-order valence-corrected chi connectivity index (χ2v) is 7.04. The highest BCUT2D eigenvalue weighted by molar-refractivity contribution is 9.10. The van der Waals surface area contributed by atoms with Gasteiger partial charge in [0.25, 0.3) is 0 Å². The van der Waals surface area contributed by atoms with Crippen LogP contribution in [0.5, 0.6) is 11.5 Å². The van der Waals surface area contributed by atoms with Crippen LogP contribution in [0.15, 0.2) is 46.3 Å². The first kappa shape index (κ1) is 20.0. The zero-order chi connectivity index (χ0) is 17.1. The lowest BCUT2D eigenvalue weighted by atomic mass is 10.2. The Morgan fingerprint density at radius 3 is 2.40 bits per heavy atom. The minimum Gasteiger partial charge on any atom is -0.495 e. The largest absolute Gasteiger partial charge is 0.495 e. The van der Waals surface area contributed by atoms with Crippen molar-refractivity contribution in [2.24, 2.45) is 0 Å². The average Bonchev–Trinajstić information content (AvgIpc) is 3.05. The second kappa shape index (κ2) is 8.89. The molecule has 0 radical (unpaired) electrons. The van der Waals surface area contributed by atoms with E-state index >= 15 is 0 Å². The van der Waals surface area contributed by atoms with Crippen molar-refractivity contribution >= 4 is 66.7 Å². The number of ether oxygens (including phenoxy) is 2. The molecule has 1 heterocycles. The number of nitrogens with zero attached hydrogens (tertiary/aromatic N) is 1. The number of rotatable bonds is 5. The van der Waals surface area contributed by atoms with Gasteiger partial charge in [-0.05, 0) is 12.1 Å². The van der Waals surface area contributed by atoms with E-state index in [9.17, 15) is 0 Å². The zero-order valence-corrected chi connectivity index (χ0v) is 18.2. The summed E-state index contributed by atoms with van der Waals surface area (Å²) in [5.41, 5.74) is 2.72.